The summed E-state index contributed by atoms with van der Waals surface area (Å²) in [5.41, 5.74) is 0.819. The molecule has 0 saturated carbocycles. The summed E-state index contributed by atoms with van der Waals surface area (Å²) in [6.45, 7) is 13.2. The van der Waals surface area contributed by atoms with Gasteiger partial charge in [0.15, 0.2) is 0 Å². The van der Waals surface area contributed by atoms with Crippen LogP contribution in [0.3, 0.4) is 0 Å². The number of unbranched alkanes of at least 4 members (excludes halogenated alkanes) is 1. The monoisotopic (exact) mass is 212 g/mol. The van der Waals surface area contributed by atoms with Crippen LogP contribution in [0, 0.1) is 10.8 Å². The molecule has 1 heteroatoms. The lowest BCUT2D eigenvalue weighted by Gasteiger charge is -2.32. The quantitative estimate of drug-likeness (QED) is 0.588. The highest BCUT2D eigenvalue weighted by atomic mass is 16.1. The number of hydrogen-bond acceptors (Lipinski definition) is 1. The third kappa shape index (κ3) is 9.96. The Morgan fingerprint density at radius 1 is 1.00 bits per heavy atom. The van der Waals surface area contributed by atoms with Crippen LogP contribution >= 0.6 is 0 Å². The van der Waals surface area contributed by atoms with Crippen LogP contribution in [-0.4, -0.2) is 5.78 Å². The van der Waals surface area contributed by atoms with Crippen molar-refractivity contribution in [3.8, 4) is 0 Å². The van der Waals surface area contributed by atoms with E-state index < -0.39 is 0 Å². The third-order valence-electron chi connectivity index (χ3n) is 2.64. The fourth-order valence-electron chi connectivity index (χ4n) is 2.50. The van der Waals surface area contributed by atoms with Crippen LogP contribution in [0.4, 0.5) is 0 Å². The molecule has 0 saturated heterocycles. The lowest BCUT2D eigenvalue weighted by atomic mass is 9.73. The van der Waals surface area contributed by atoms with Crippen LogP contribution in [0.25, 0.3) is 0 Å². The zero-order valence-corrected chi connectivity index (χ0v) is 11.4. The minimum atomic E-state index is 0.323. The molecule has 0 aliphatic rings. The zero-order chi connectivity index (χ0) is 12.1. The van der Waals surface area contributed by atoms with E-state index in [0.29, 0.717) is 16.6 Å². The van der Waals surface area contributed by atoms with Gasteiger partial charge in [-0.05, 0) is 37.0 Å². The van der Waals surface area contributed by atoms with E-state index in [1.54, 1.807) is 6.92 Å². The topological polar surface area (TPSA) is 17.1 Å². The highest BCUT2D eigenvalue weighted by Crippen LogP contribution is 2.36. The second kappa shape index (κ2) is 5.67. The first kappa shape index (κ1) is 14.7. The molecule has 0 aromatic rings. The Balaban J connectivity index is 3.79. The van der Waals surface area contributed by atoms with Crippen molar-refractivity contribution in [2.75, 3.05) is 0 Å². The van der Waals surface area contributed by atoms with Gasteiger partial charge in [0.2, 0.25) is 0 Å². The summed E-state index contributed by atoms with van der Waals surface area (Å²) in [5, 5.41) is 0. The zero-order valence-electron chi connectivity index (χ0n) is 11.4. The maximum absolute atomic E-state index is 10.8. The van der Waals surface area contributed by atoms with E-state index in [0.717, 1.165) is 12.8 Å². The first-order chi connectivity index (χ1) is 6.62. The minimum absolute atomic E-state index is 0.323. The van der Waals surface area contributed by atoms with E-state index in [1.807, 2.05) is 0 Å². The first-order valence-corrected chi connectivity index (χ1v) is 6.12. The Kier molecular flexibility index (Phi) is 5.55. The molecule has 0 aliphatic carbocycles. The minimum Gasteiger partial charge on any atom is -0.300 e. The van der Waals surface area contributed by atoms with Crippen LogP contribution < -0.4 is 0 Å². The Morgan fingerprint density at radius 3 is 1.93 bits per heavy atom. The summed E-state index contributed by atoms with van der Waals surface area (Å²) in [6, 6.07) is 0. The van der Waals surface area contributed by atoms with Crippen LogP contribution in [0.2, 0.25) is 0 Å². The molecular weight excluding hydrogens is 184 g/mol. The van der Waals surface area contributed by atoms with Crippen LogP contribution in [-0.2, 0) is 4.79 Å². The molecule has 0 heterocycles. The van der Waals surface area contributed by atoms with Gasteiger partial charge in [0.25, 0.3) is 0 Å². The second-order valence-electron chi connectivity index (χ2n) is 6.81. The average molecular weight is 212 g/mol. The smallest absolute Gasteiger partial charge is 0.129 e. The van der Waals surface area contributed by atoms with Crippen molar-refractivity contribution in [3.05, 3.63) is 0 Å². The van der Waals surface area contributed by atoms with E-state index in [2.05, 4.69) is 34.6 Å². The molecule has 0 aromatic heterocycles. The summed E-state index contributed by atoms with van der Waals surface area (Å²) in [5.74, 6) is 0.323. The van der Waals surface area contributed by atoms with Gasteiger partial charge >= 0.3 is 0 Å². The SMILES string of the molecule is CC(=O)CCCCC(C)(C)CC(C)(C)C. The molecule has 90 valence electrons. The van der Waals surface area contributed by atoms with Gasteiger partial charge < -0.3 is 4.79 Å². The largest absolute Gasteiger partial charge is 0.300 e. The van der Waals surface area contributed by atoms with Gasteiger partial charge in [-0.25, -0.2) is 0 Å². The maximum atomic E-state index is 10.8. The number of Topliss-reactive ketones (excluding diaryl/α,β-unsaturated/α-hetero) is 1. The molecule has 0 fully saturated rings. The summed E-state index contributed by atoms with van der Waals surface area (Å²) in [6.07, 6.45) is 5.48. The molecule has 0 aromatic carbocycles. The van der Waals surface area contributed by atoms with Crippen molar-refractivity contribution in [1.82, 2.24) is 0 Å². The summed E-state index contributed by atoms with van der Waals surface area (Å²) < 4.78 is 0. The Bertz CT molecular complexity index is 196. The van der Waals surface area contributed by atoms with Gasteiger partial charge in [-0.2, -0.15) is 0 Å². The summed E-state index contributed by atoms with van der Waals surface area (Å²) in [7, 11) is 0. The number of carbonyl (C=O) groups is 1. The normalized spacial score (nSPS) is 12.9. The Morgan fingerprint density at radius 2 is 1.53 bits per heavy atom. The van der Waals surface area contributed by atoms with Crippen LogP contribution in [0.1, 0.15) is 73.6 Å². The molecule has 1 nitrogen and oxygen atoms in total. The molecule has 0 spiro atoms. The Hall–Kier alpha value is -0.330. The van der Waals surface area contributed by atoms with E-state index in [-0.39, 0.29) is 0 Å². The lowest BCUT2D eigenvalue weighted by Crippen LogP contribution is -2.20. The van der Waals surface area contributed by atoms with Crippen molar-refractivity contribution in [2.45, 2.75) is 73.6 Å². The molecule has 0 amide bonds. The molecule has 0 aliphatic heterocycles. The van der Waals surface area contributed by atoms with Gasteiger partial charge in [0.05, 0.1) is 0 Å². The summed E-state index contributed by atoms with van der Waals surface area (Å²) in [4.78, 5) is 10.8. The fourth-order valence-corrected chi connectivity index (χ4v) is 2.50. The van der Waals surface area contributed by atoms with Crippen molar-refractivity contribution in [3.63, 3.8) is 0 Å². The fraction of sp³-hybridized carbons (Fsp3) is 0.929. The molecule has 0 bridgehead atoms. The third-order valence-corrected chi connectivity index (χ3v) is 2.64. The van der Waals surface area contributed by atoms with E-state index in [4.69, 9.17) is 0 Å². The highest BCUT2D eigenvalue weighted by molar-refractivity contribution is 5.75. The van der Waals surface area contributed by atoms with Gasteiger partial charge in [0, 0.05) is 6.42 Å². The molecular formula is C14H28O. The van der Waals surface area contributed by atoms with E-state index in [1.165, 1.54) is 19.3 Å². The lowest BCUT2D eigenvalue weighted by molar-refractivity contribution is -0.117. The molecule has 0 atom stereocenters. The van der Waals surface area contributed by atoms with Gasteiger partial charge in [-0.15, -0.1) is 0 Å². The van der Waals surface area contributed by atoms with E-state index >= 15 is 0 Å². The molecule has 0 unspecified atom stereocenters. The first-order valence-electron chi connectivity index (χ1n) is 6.12. The van der Waals surface area contributed by atoms with Crippen LogP contribution in [0.5, 0.6) is 0 Å². The summed E-state index contributed by atoms with van der Waals surface area (Å²) >= 11 is 0. The highest BCUT2D eigenvalue weighted by Gasteiger charge is 2.24. The predicted molar refractivity (Wildman–Crippen MR) is 67.0 cm³/mol. The molecule has 0 radical (unpaired) electrons. The van der Waals surface area contributed by atoms with Crippen molar-refractivity contribution < 1.29 is 4.79 Å². The number of rotatable bonds is 6. The molecule has 0 N–H and O–H groups in total. The van der Waals surface area contributed by atoms with Crippen molar-refractivity contribution in [2.24, 2.45) is 10.8 Å². The van der Waals surface area contributed by atoms with Gasteiger partial charge in [0.1, 0.15) is 5.78 Å². The van der Waals surface area contributed by atoms with Crippen LogP contribution in [0.15, 0.2) is 0 Å². The average Bonchev–Trinajstić information content (AvgIpc) is 1.93. The van der Waals surface area contributed by atoms with Crippen molar-refractivity contribution >= 4 is 5.78 Å². The number of hydrogen-bond donors (Lipinski definition) is 0. The van der Waals surface area contributed by atoms with E-state index in [9.17, 15) is 4.79 Å². The van der Waals surface area contributed by atoms with Gasteiger partial charge in [-0.3, -0.25) is 0 Å². The Labute approximate surface area is 95.6 Å². The number of carbonyl (C=O) groups excluding carboxylic acids is 1. The predicted octanol–water partition coefficient (Wildman–Crippen LogP) is 4.60. The molecule has 15 heavy (non-hydrogen) atoms. The van der Waals surface area contributed by atoms with Gasteiger partial charge in [-0.1, -0.05) is 41.0 Å². The standard InChI is InChI=1S/C14H28O/c1-12(15)9-7-8-10-14(5,6)11-13(2,3)4/h7-11H2,1-6H3. The van der Waals surface area contributed by atoms with Crippen molar-refractivity contribution in [1.29, 1.82) is 0 Å². The number of ketones is 1. The maximum Gasteiger partial charge on any atom is 0.129 e. The molecule has 0 rings (SSSR count). The second-order valence-corrected chi connectivity index (χ2v) is 6.81.